The molecular formula is C21H25F4N3O4. The van der Waals surface area contributed by atoms with E-state index >= 15 is 0 Å². The van der Waals surface area contributed by atoms with Gasteiger partial charge in [0.15, 0.2) is 5.90 Å². The van der Waals surface area contributed by atoms with E-state index in [2.05, 4.69) is 4.99 Å². The summed E-state index contributed by atoms with van der Waals surface area (Å²) in [5, 5.41) is 19.6. The van der Waals surface area contributed by atoms with Crippen molar-refractivity contribution in [1.29, 1.82) is 0 Å². The fraction of sp³-hybridized carbons (Fsp3) is 0.524. The third kappa shape index (κ3) is 5.39. The van der Waals surface area contributed by atoms with Gasteiger partial charge in [-0.25, -0.2) is 4.39 Å². The highest BCUT2D eigenvalue weighted by Gasteiger charge is 2.46. The Bertz CT molecular complexity index is 886. The van der Waals surface area contributed by atoms with E-state index in [-0.39, 0.29) is 49.9 Å². The zero-order valence-corrected chi connectivity index (χ0v) is 17.5. The van der Waals surface area contributed by atoms with E-state index in [4.69, 9.17) is 9.84 Å². The van der Waals surface area contributed by atoms with Crippen LogP contribution < -0.4 is 0 Å². The molecule has 1 aromatic rings. The molecule has 7 nitrogen and oxygen atoms in total. The molecule has 0 bridgehead atoms. The number of ether oxygens (including phenoxy) is 1. The van der Waals surface area contributed by atoms with Crippen molar-refractivity contribution < 1.29 is 37.3 Å². The Hall–Kier alpha value is -2.66. The van der Waals surface area contributed by atoms with Gasteiger partial charge >= 0.3 is 6.18 Å². The van der Waals surface area contributed by atoms with Crippen LogP contribution in [0.2, 0.25) is 0 Å². The highest BCUT2D eigenvalue weighted by Crippen LogP contribution is 2.36. The number of amides is 1. The molecule has 2 atom stereocenters. The second-order valence-electron chi connectivity index (χ2n) is 7.58. The number of carbonyl (C=O) groups excluding carboxylic acids is 1. The van der Waals surface area contributed by atoms with Crippen LogP contribution in [0.1, 0.15) is 25.3 Å². The number of nitrogens with zero attached hydrogens (tertiary/aromatic N) is 3. The van der Waals surface area contributed by atoms with Crippen LogP contribution in [0, 0.1) is 11.7 Å². The van der Waals surface area contributed by atoms with Crippen molar-refractivity contribution in [2.75, 3.05) is 26.3 Å². The van der Waals surface area contributed by atoms with Crippen LogP contribution in [-0.2, 0) is 16.0 Å². The minimum atomic E-state index is -4.66. The lowest BCUT2D eigenvalue weighted by molar-refractivity contribution is -0.192. The summed E-state index contributed by atoms with van der Waals surface area (Å²) in [5.41, 5.74) is 0.786. The van der Waals surface area contributed by atoms with E-state index in [1.807, 2.05) is 0 Å². The average molecular weight is 459 g/mol. The minimum absolute atomic E-state index is 0.0352. The predicted molar refractivity (Wildman–Crippen MR) is 106 cm³/mol. The van der Waals surface area contributed by atoms with E-state index in [9.17, 15) is 27.5 Å². The van der Waals surface area contributed by atoms with Crippen LogP contribution in [0.5, 0.6) is 0 Å². The van der Waals surface area contributed by atoms with Crippen molar-refractivity contribution in [3.8, 4) is 0 Å². The molecule has 2 aliphatic heterocycles. The average Bonchev–Trinajstić information content (AvgIpc) is 2.73. The molecule has 0 aliphatic carbocycles. The molecule has 11 heteroatoms. The van der Waals surface area contributed by atoms with Gasteiger partial charge in [0.25, 0.3) is 5.91 Å². The van der Waals surface area contributed by atoms with Crippen LogP contribution >= 0.6 is 0 Å². The van der Waals surface area contributed by atoms with Crippen molar-refractivity contribution in [3.63, 3.8) is 0 Å². The molecule has 0 aromatic heterocycles. The molecule has 0 saturated carbocycles. The molecular weight excluding hydrogens is 434 g/mol. The number of hydrogen-bond acceptors (Lipinski definition) is 6. The van der Waals surface area contributed by atoms with E-state index < -0.39 is 36.7 Å². The molecule has 3 rings (SSSR count). The Kier molecular flexibility index (Phi) is 7.40. The van der Waals surface area contributed by atoms with Gasteiger partial charge < -0.3 is 19.8 Å². The second-order valence-corrected chi connectivity index (χ2v) is 7.58. The summed E-state index contributed by atoms with van der Waals surface area (Å²) in [6, 6.07) is 5.76. The third-order valence-electron chi connectivity index (χ3n) is 5.23. The van der Waals surface area contributed by atoms with Gasteiger partial charge in [0.1, 0.15) is 18.2 Å². The predicted octanol–water partition coefficient (Wildman–Crippen LogP) is 2.40. The Morgan fingerprint density at radius 2 is 1.91 bits per heavy atom. The lowest BCUT2D eigenvalue weighted by atomic mass is 9.88. The first-order valence-corrected chi connectivity index (χ1v) is 10.3. The topological polar surface area (TPSA) is 85.6 Å². The van der Waals surface area contributed by atoms with Crippen molar-refractivity contribution in [2.24, 2.45) is 10.9 Å². The molecule has 1 aromatic carbocycles. The number of rotatable bonds is 7. The Morgan fingerprint density at radius 1 is 1.22 bits per heavy atom. The summed E-state index contributed by atoms with van der Waals surface area (Å²) in [6.07, 6.45) is -6.07. The Morgan fingerprint density at radius 3 is 2.50 bits per heavy atom. The van der Waals surface area contributed by atoms with Crippen molar-refractivity contribution >= 4 is 11.8 Å². The quantitative estimate of drug-likeness (QED) is 0.612. The van der Waals surface area contributed by atoms with Crippen LogP contribution in [0.25, 0.3) is 0 Å². The van der Waals surface area contributed by atoms with Crippen LogP contribution in [0.3, 0.4) is 0 Å². The standard InChI is InChI=1S/C21H25F4N3O4/c1-2-32-18-14(10-13-4-6-15(22)7-5-13)11-16-17(26-18)28(12-21(23,24)25)20(31)27(19(16)30)8-3-9-29/h4-7,14,20,29,31H,2-3,8-12H2,1H3. The van der Waals surface area contributed by atoms with Gasteiger partial charge in [-0.1, -0.05) is 12.1 Å². The molecule has 32 heavy (non-hydrogen) atoms. The Balaban J connectivity index is 1.99. The second kappa shape index (κ2) is 9.86. The number of alkyl halides is 3. The van der Waals surface area contributed by atoms with E-state index in [1.54, 1.807) is 19.1 Å². The fourth-order valence-corrected chi connectivity index (χ4v) is 3.83. The number of halogens is 4. The molecule has 0 fully saturated rings. The van der Waals surface area contributed by atoms with Gasteiger partial charge in [0, 0.05) is 19.1 Å². The summed E-state index contributed by atoms with van der Waals surface area (Å²) < 4.78 is 58.6. The highest BCUT2D eigenvalue weighted by molar-refractivity contribution is 5.98. The summed E-state index contributed by atoms with van der Waals surface area (Å²) in [5.74, 6) is -1.60. The van der Waals surface area contributed by atoms with E-state index in [1.165, 1.54) is 12.1 Å². The Labute approximate surface area is 182 Å². The largest absolute Gasteiger partial charge is 0.481 e. The first-order chi connectivity index (χ1) is 15.1. The third-order valence-corrected chi connectivity index (χ3v) is 5.23. The first-order valence-electron chi connectivity index (χ1n) is 10.3. The maximum atomic E-state index is 13.3. The van der Waals surface area contributed by atoms with Gasteiger partial charge in [-0.05, 0) is 43.9 Å². The molecule has 2 N–H and O–H groups in total. The van der Waals surface area contributed by atoms with Gasteiger partial charge in [-0.15, -0.1) is 0 Å². The smallest absolute Gasteiger partial charge is 0.406 e. The van der Waals surface area contributed by atoms with Crippen LogP contribution in [-0.4, -0.2) is 70.6 Å². The van der Waals surface area contributed by atoms with Crippen LogP contribution in [0.4, 0.5) is 17.6 Å². The van der Waals surface area contributed by atoms with Crippen LogP contribution in [0.15, 0.2) is 40.7 Å². The molecule has 2 heterocycles. The molecule has 2 aliphatic rings. The summed E-state index contributed by atoms with van der Waals surface area (Å²) in [7, 11) is 0. The number of aliphatic hydroxyl groups is 2. The molecule has 176 valence electrons. The summed E-state index contributed by atoms with van der Waals surface area (Å²) in [4.78, 5) is 18.8. The molecule has 1 amide bonds. The summed E-state index contributed by atoms with van der Waals surface area (Å²) in [6.45, 7) is -0.0125. The molecule has 0 radical (unpaired) electrons. The number of hydrogen-bond donors (Lipinski definition) is 2. The number of carbonyl (C=O) groups is 1. The maximum Gasteiger partial charge on any atom is 0.406 e. The zero-order chi connectivity index (χ0) is 23.5. The molecule has 0 spiro atoms. The van der Waals surface area contributed by atoms with E-state index in [0.717, 1.165) is 10.5 Å². The van der Waals surface area contributed by atoms with E-state index in [0.29, 0.717) is 11.3 Å². The fourth-order valence-electron chi connectivity index (χ4n) is 3.83. The van der Waals surface area contributed by atoms with Gasteiger partial charge in [-0.3, -0.25) is 9.69 Å². The maximum absolute atomic E-state index is 13.3. The lowest BCUT2D eigenvalue weighted by Gasteiger charge is -2.44. The first kappa shape index (κ1) is 24.0. The molecule has 2 unspecified atom stereocenters. The normalized spacial score (nSPS) is 21.6. The number of benzene rings is 1. The summed E-state index contributed by atoms with van der Waals surface area (Å²) >= 11 is 0. The van der Waals surface area contributed by atoms with Crippen molar-refractivity contribution in [1.82, 2.24) is 9.80 Å². The number of aliphatic hydroxyl groups excluding tert-OH is 2. The number of aliphatic imine (C=N–C) groups is 1. The minimum Gasteiger partial charge on any atom is -0.481 e. The SMILES string of the molecule is CCOC1=NC2=C(CC1Cc1ccc(F)cc1)C(=O)N(CCCO)C(O)N2CC(F)(F)F. The monoisotopic (exact) mass is 459 g/mol. The lowest BCUT2D eigenvalue weighted by Crippen LogP contribution is -2.58. The molecule has 0 saturated heterocycles. The van der Waals surface area contributed by atoms with Crippen molar-refractivity contribution in [3.05, 3.63) is 47.0 Å². The van der Waals surface area contributed by atoms with Crippen molar-refractivity contribution in [2.45, 2.75) is 38.7 Å². The van der Waals surface area contributed by atoms with Gasteiger partial charge in [-0.2, -0.15) is 18.2 Å². The highest BCUT2D eigenvalue weighted by atomic mass is 19.4. The van der Waals surface area contributed by atoms with Gasteiger partial charge in [0.2, 0.25) is 6.35 Å². The van der Waals surface area contributed by atoms with Gasteiger partial charge in [0.05, 0.1) is 12.2 Å². The zero-order valence-electron chi connectivity index (χ0n) is 17.5.